The monoisotopic (exact) mass is 371 g/mol. The molecule has 0 saturated heterocycles. The molecule has 0 aliphatic heterocycles. The lowest BCUT2D eigenvalue weighted by Gasteiger charge is -2.10. The molecule has 3 aromatic rings. The minimum atomic E-state index is -0.184. The summed E-state index contributed by atoms with van der Waals surface area (Å²) < 4.78 is 0. The zero-order chi connectivity index (χ0) is 17.8. The molecular weight excluding hydrogens is 354 g/mol. The second-order valence-electron chi connectivity index (χ2n) is 5.57. The summed E-state index contributed by atoms with van der Waals surface area (Å²) in [7, 11) is 0. The third-order valence-corrected chi connectivity index (χ3v) is 5.28. The number of nitrogens with zero attached hydrogens (tertiary/aromatic N) is 1. The van der Waals surface area contributed by atoms with E-state index >= 15 is 0 Å². The van der Waals surface area contributed by atoms with Crippen molar-refractivity contribution in [2.24, 2.45) is 0 Å². The Morgan fingerprint density at radius 3 is 2.48 bits per heavy atom. The van der Waals surface area contributed by atoms with Crippen molar-refractivity contribution in [2.75, 3.05) is 10.6 Å². The fraction of sp³-hybridized carbons (Fsp3) is 0.167. The largest absolute Gasteiger partial charge is 0.325 e. The van der Waals surface area contributed by atoms with E-state index < -0.39 is 0 Å². The van der Waals surface area contributed by atoms with E-state index in [4.69, 9.17) is 0 Å². The summed E-state index contributed by atoms with van der Waals surface area (Å²) in [4.78, 5) is 29.2. The van der Waals surface area contributed by atoms with Crippen LogP contribution in [0.3, 0.4) is 0 Å². The lowest BCUT2D eigenvalue weighted by atomic mass is 10.1. The first-order chi connectivity index (χ1) is 12.0. The van der Waals surface area contributed by atoms with Crippen molar-refractivity contribution in [1.29, 1.82) is 0 Å². The van der Waals surface area contributed by atoms with E-state index in [9.17, 15) is 9.59 Å². The molecule has 2 aromatic heterocycles. The van der Waals surface area contributed by atoms with E-state index in [-0.39, 0.29) is 18.2 Å². The molecule has 0 aliphatic carbocycles. The van der Waals surface area contributed by atoms with Crippen LogP contribution >= 0.6 is 22.7 Å². The zero-order valence-corrected chi connectivity index (χ0v) is 15.5. The molecular formula is C18H17N3O2S2. The maximum absolute atomic E-state index is 12.3. The highest BCUT2D eigenvalue weighted by Gasteiger charge is 2.13. The van der Waals surface area contributed by atoms with E-state index in [2.05, 4.69) is 15.6 Å². The van der Waals surface area contributed by atoms with Gasteiger partial charge < -0.3 is 5.32 Å². The van der Waals surface area contributed by atoms with Gasteiger partial charge in [-0.2, -0.15) is 0 Å². The number of aryl methyl sites for hydroxylation is 2. The molecule has 0 radical (unpaired) electrons. The van der Waals surface area contributed by atoms with Gasteiger partial charge in [0.05, 0.1) is 17.0 Å². The molecule has 128 valence electrons. The van der Waals surface area contributed by atoms with Crippen LogP contribution in [0.15, 0.2) is 41.1 Å². The maximum atomic E-state index is 12.3. The number of aromatic nitrogens is 1. The molecule has 0 atom stereocenters. The minimum Gasteiger partial charge on any atom is -0.325 e. The first kappa shape index (κ1) is 17.3. The van der Waals surface area contributed by atoms with Crippen molar-refractivity contribution in [1.82, 2.24) is 4.98 Å². The third kappa shape index (κ3) is 4.32. The highest BCUT2D eigenvalue weighted by atomic mass is 32.1. The van der Waals surface area contributed by atoms with Gasteiger partial charge in [0.2, 0.25) is 5.91 Å². The summed E-state index contributed by atoms with van der Waals surface area (Å²) >= 11 is 2.68. The number of thiazole rings is 1. The molecule has 1 aromatic carbocycles. The van der Waals surface area contributed by atoms with Gasteiger partial charge in [0.1, 0.15) is 0 Å². The highest BCUT2D eigenvalue weighted by Crippen LogP contribution is 2.21. The van der Waals surface area contributed by atoms with Crippen molar-refractivity contribution in [3.8, 4) is 0 Å². The number of amides is 2. The summed E-state index contributed by atoms with van der Waals surface area (Å²) in [6, 6.07) is 9.47. The first-order valence-electron chi connectivity index (χ1n) is 7.68. The van der Waals surface area contributed by atoms with Crippen molar-refractivity contribution in [3.63, 3.8) is 0 Å². The van der Waals surface area contributed by atoms with Crippen LogP contribution in [0.5, 0.6) is 0 Å². The number of carbonyl (C=O) groups is 2. The van der Waals surface area contributed by atoms with Gasteiger partial charge in [0.25, 0.3) is 5.91 Å². The summed E-state index contributed by atoms with van der Waals surface area (Å²) in [5.74, 6) is -0.310. The molecule has 2 amide bonds. The van der Waals surface area contributed by atoms with Gasteiger partial charge in [-0.3, -0.25) is 14.9 Å². The van der Waals surface area contributed by atoms with Gasteiger partial charge in [-0.1, -0.05) is 24.3 Å². The van der Waals surface area contributed by atoms with Crippen molar-refractivity contribution < 1.29 is 9.59 Å². The summed E-state index contributed by atoms with van der Waals surface area (Å²) in [5, 5.41) is 9.82. The topological polar surface area (TPSA) is 71.1 Å². The molecule has 2 heterocycles. The maximum Gasteiger partial charge on any atom is 0.267 e. The molecule has 0 fully saturated rings. The Morgan fingerprint density at radius 2 is 1.80 bits per heavy atom. The van der Waals surface area contributed by atoms with E-state index in [0.29, 0.717) is 15.7 Å². The molecule has 0 unspecified atom stereocenters. The number of hydrogen-bond donors (Lipinski definition) is 2. The molecule has 0 aliphatic rings. The van der Waals surface area contributed by atoms with Crippen LogP contribution in [-0.4, -0.2) is 16.8 Å². The van der Waals surface area contributed by atoms with E-state index in [1.54, 1.807) is 11.4 Å². The molecule has 5 nitrogen and oxygen atoms in total. The average Bonchev–Trinajstić information content (AvgIpc) is 3.23. The SMILES string of the molecule is Cc1cccc(C)c1NC(=O)Cc1csc(NC(=O)c2cccs2)n1. The standard InChI is InChI=1S/C18H17N3O2S2/c1-11-5-3-6-12(2)16(11)20-15(22)9-13-10-25-18(19-13)21-17(23)14-7-4-8-24-14/h3-8,10H,9H2,1-2H3,(H,20,22)(H,19,21,23). The predicted octanol–water partition coefficient (Wildman–Crippen LogP) is 4.25. The highest BCUT2D eigenvalue weighted by molar-refractivity contribution is 7.14. The number of nitrogens with one attached hydrogen (secondary N) is 2. The van der Waals surface area contributed by atoms with Crippen molar-refractivity contribution in [2.45, 2.75) is 20.3 Å². The number of benzene rings is 1. The van der Waals surface area contributed by atoms with Crippen molar-refractivity contribution >= 4 is 45.3 Å². The van der Waals surface area contributed by atoms with Gasteiger partial charge in [0.15, 0.2) is 5.13 Å². The smallest absolute Gasteiger partial charge is 0.267 e. The first-order valence-corrected chi connectivity index (χ1v) is 9.44. The molecule has 7 heteroatoms. The third-order valence-electron chi connectivity index (χ3n) is 3.60. The Morgan fingerprint density at radius 1 is 1.04 bits per heavy atom. The Bertz CT molecular complexity index is 881. The fourth-order valence-electron chi connectivity index (χ4n) is 2.37. The van der Waals surface area contributed by atoms with Gasteiger partial charge in [-0.15, -0.1) is 22.7 Å². The van der Waals surface area contributed by atoms with Crippen LogP contribution in [0.2, 0.25) is 0 Å². The van der Waals surface area contributed by atoms with E-state index in [0.717, 1.165) is 16.8 Å². The second kappa shape index (κ2) is 7.58. The van der Waals surface area contributed by atoms with Gasteiger partial charge in [0, 0.05) is 11.1 Å². The number of hydrogen-bond acceptors (Lipinski definition) is 5. The number of thiophene rings is 1. The average molecular weight is 371 g/mol. The molecule has 2 N–H and O–H groups in total. The summed E-state index contributed by atoms with van der Waals surface area (Å²) in [6.07, 6.45) is 0.166. The molecule has 0 spiro atoms. The number of carbonyl (C=O) groups excluding carboxylic acids is 2. The quantitative estimate of drug-likeness (QED) is 0.704. The van der Waals surface area contributed by atoms with E-state index in [1.807, 2.05) is 43.5 Å². The molecule has 0 saturated carbocycles. The van der Waals surface area contributed by atoms with Gasteiger partial charge in [-0.25, -0.2) is 4.98 Å². The Balaban J connectivity index is 1.61. The lowest BCUT2D eigenvalue weighted by molar-refractivity contribution is -0.115. The Labute approximate surface area is 153 Å². The van der Waals surface area contributed by atoms with Crippen LogP contribution in [-0.2, 0) is 11.2 Å². The van der Waals surface area contributed by atoms with Crippen LogP contribution in [0.4, 0.5) is 10.8 Å². The van der Waals surface area contributed by atoms with Crippen LogP contribution in [0.25, 0.3) is 0 Å². The number of para-hydroxylation sites is 1. The minimum absolute atomic E-state index is 0.126. The molecule has 25 heavy (non-hydrogen) atoms. The van der Waals surface area contributed by atoms with E-state index in [1.165, 1.54) is 22.7 Å². The summed E-state index contributed by atoms with van der Waals surface area (Å²) in [6.45, 7) is 3.92. The van der Waals surface area contributed by atoms with Crippen LogP contribution in [0, 0.1) is 13.8 Å². The zero-order valence-electron chi connectivity index (χ0n) is 13.8. The van der Waals surface area contributed by atoms with Crippen LogP contribution in [0.1, 0.15) is 26.5 Å². The normalized spacial score (nSPS) is 10.5. The number of anilines is 2. The Kier molecular flexibility index (Phi) is 5.25. The van der Waals surface area contributed by atoms with Crippen LogP contribution < -0.4 is 10.6 Å². The van der Waals surface area contributed by atoms with Gasteiger partial charge in [-0.05, 0) is 36.4 Å². The Hall–Kier alpha value is -2.51. The number of rotatable bonds is 5. The second-order valence-corrected chi connectivity index (χ2v) is 7.37. The summed E-state index contributed by atoms with van der Waals surface area (Å²) in [5.41, 5.74) is 3.52. The van der Waals surface area contributed by atoms with Crippen molar-refractivity contribution in [3.05, 3.63) is 62.8 Å². The molecule has 3 rings (SSSR count). The predicted molar refractivity (Wildman–Crippen MR) is 103 cm³/mol. The molecule has 0 bridgehead atoms. The van der Waals surface area contributed by atoms with Gasteiger partial charge >= 0.3 is 0 Å². The fourth-order valence-corrected chi connectivity index (χ4v) is 3.70. The lowest BCUT2D eigenvalue weighted by Crippen LogP contribution is -2.16.